The molecule has 0 rings (SSSR count). The third-order valence-corrected chi connectivity index (χ3v) is 4.24. The third-order valence-electron chi connectivity index (χ3n) is 2.32. The van der Waals surface area contributed by atoms with Gasteiger partial charge in [0.05, 0.1) is 6.54 Å². The second kappa shape index (κ2) is 9.13. The lowest BCUT2D eigenvalue weighted by Gasteiger charge is -2.20. The van der Waals surface area contributed by atoms with Crippen LogP contribution in [-0.4, -0.2) is 45.2 Å². The van der Waals surface area contributed by atoms with Crippen LogP contribution in [0.5, 0.6) is 0 Å². The zero-order chi connectivity index (χ0) is 12.8. The van der Waals surface area contributed by atoms with Crippen LogP contribution >= 0.6 is 24.0 Å². The third kappa shape index (κ3) is 7.96. The summed E-state index contributed by atoms with van der Waals surface area (Å²) < 4.78 is 11.6. The second-order valence-corrected chi connectivity index (χ2v) is 6.90. The first-order valence-corrected chi connectivity index (χ1v) is 7.08. The van der Waals surface area contributed by atoms with Gasteiger partial charge in [0.15, 0.2) is 5.96 Å². The highest BCUT2D eigenvalue weighted by molar-refractivity contribution is 14.0. The molecule has 0 spiro atoms. The maximum absolute atomic E-state index is 11.7. The summed E-state index contributed by atoms with van der Waals surface area (Å²) in [5.74, 6) is 1.13. The average molecular weight is 375 g/mol. The van der Waals surface area contributed by atoms with Crippen molar-refractivity contribution in [3.63, 3.8) is 0 Å². The fourth-order valence-electron chi connectivity index (χ4n) is 1.20. The lowest BCUT2D eigenvalue weighted by molar-refractivity contribution is 0.458. The second-order valence-electron chi connectivity index (χ2n) is 4.57. The maximum atomic E-state index is 11.7. The standard InChI is InChI=1S/C11H25N3OS.HI/c1-6-14(7-2)10(12)13-8-9-16(15)11(3,4)5;/h6-9H2,1-5H3,(H2,12,13);1H. The average Bonchev–Trinajstić information content (AvgIpc) is 2.18. The highest BCUT2D eigenvalue weighted by Gasteiger charge is 2.18. The molecule has 17 heavy (non-hydrogen) atoms. The number of aliphatic imine (C=N–C) groups is 1. The van der Waals surface area contributed by atoms with E-state index in [1.54, 1.807) is 0 Å². The molecule has 0 heterocycles. The van der Waals surface area contributed by atoms with Gasteiger partial charge in [-0.05, 0) is 34.6 Å². The van der Waals surface area contributed by atoms with Gasteiger partial charge in [-0.3, -0.25) is 9.20 Å². The zero-order valence-electron chi connectivity index (χ0n) is 11.5. The van der Waals surface area contributed by atoms with Gasteiger partial charge in [0.25, 0.3) is 0 Å². The van der Waals surface area contributed by atoms with E-state index >= 15 is 0 Å². The lowest BCUT2D eigenvalue weighted by atomic mass is 10.3. The minimum absolute atomic E-state index is 0. The van der Waals surface area contributed by atoms with Crippen LogP contribution < -0.4 is 5.73 Å². The Hall–Kier alpha value is 0.150. The first kappa shape index (κ1) is 19.5. The predicted octanol–water partition coefficient (Wildman–Crippen LogP) is 1.81. The molecule has 0 saturated heterocycles. The van der Waals surface area contributed by atoms with Gasteiger partial charge < -0.3 is 10.6 Å². The Bertz CT molecular complexity index is 260. The van der Waals surface area contributed by atoms with Crippen molar-refractivity contribution < 1.29 is 4.21 Å². The van der Waals surface area contributed by atoms with Crippen LogP contribution in [0.2, 0.25) is 0 Å². The molecule has 0 fully saturated rings. The SMILES string of the molecule is CCN(CC)C(N)=NCCS(=O)C(C)(C)C.I. The first-order valence-electron chi connectivity index (χ1n) is 5.76. The van der Waals surface area contributed by atoms with Crippen molar-refractivity contribution in [3.05, 3.63) is 0 Å². The summed E-state index contributed by atoms with van der Waals surface area (Å²) in [6.07, 6.45) is 0. The molecule has 0 bridgehead atoms. The van der Waals surface area contributed by atoms with Crippen LogP contribution in [0.1, 0.15) is 34.6 Å². The summed E-state index contributed by atoms with van der Waals surface area (Å²) in [5, 5.41) is 0. The van der Waals surface area contributed by atoms with Crippen LogP contribution in [0, 0.1) is 0 Å². The molecule has 4 nitrogen and oxygen atoms in total. The first-order chi connectivity index (χ1) is 7.32. The molecular weight excluding hydrogens is 349 g/mol. The van der Waals surface area contributed by atoms with E-state index in [4.69, 9.17) is 5.73 Å². The van der Waals surface area contributed by atoms with Crippen molar-refractivity contribution in [1.82, 2.24) is 4.90 Å². The van der Waals surface area contributed by atoms with Gasteiger partial charge in [0.2, 0.25) is 0 Å². The topological polar surface area (TPSA) is 58.7 Å². The fourth-order valence-corrected chi connectivity index (χ4v) is 2.07. The van der Waals surface area contributed by atoms with Crippen LogP contribution in [-0.2, 0) is 10.8 Å². The van der Waals surface area contributed by atoms with Gasteiger partial charge in [-0.15, -0.1) is 24.0 Å². The van der Waals surface area contributed by atoms with Gasteiger partial charge in [0, 0.05) is 34.4 Å². The molecule has 0 aliphatic carbocycles. The quantitative estimate of drug-likeness (QED) is 0.453. The van der Waals surface area contributed by atoms with Crippen LogP contribution in [0.3, 0.4) is 0 Å². The number of hydrogen-bond donors (Lipinski definition) is 1. The van der Waals surface area contributed by atoms with Gasteiger partial charge in [-0.25, -0.2) is 0 Å². The summed E-state index contributed by atoms with van der Waals surface area (Å²) in [4.78, 5) is 6.23. The molecule has 1 atom stereocenters. The summed E-state index contributed by atoms with van der Waals surface area (Å²) in [6.45, 7) is 12.2. The summed E-state index contributed by atoms with van der Waals surface area (Å²) in [5.41, 5.74) is 5.81. The van der Waals surface area contributed by atoms with E-state index in [0.717, 1.165) is 13.1 Å². The molecule has 104 valence electrons. The van der Waals surface area contributed by atoms with Crippen molar-refractivity contribution in [3.8, 4) is 0 Å². The monoisotopic (exact) mass is 375 g/mol. The molecular formula is C11H26IN3OS. The Balaban J connectivity index is 0. The Morgan fingerprint density at radius 3 is 2.12 bits per heavy atom. The largest absolute Gasteiger partial charge is 0.370 e. The normalized spacial score (nSPS) is 14.1. The van der Waals surface area contributed by atoms with Crippen LogP contribution in [0.25, 0.3) is 0 Å². The molecule has 0 amide bonds. The minimum atomic E-state index is -0.852. The van der Waals surface area contributed by atoms with Crippen molar-refractivity contribution >= 4 is 40.7 Å². The Morgan fingerprint density at radius 2 is 1.76 bits per heavy atom. The molecule has 0 aromatic rings. The summed E-state index contributed by atoms with van der Waals surface area (Å²) in [6, 6.07) is 0. The van der Waals surface area contributed by atoms with Crippen LogP contribution in [0.15, 0.2) is 4.99 Å². The highest BCUT2D eigenvalue weighted by Crippen LogP contribution is 2.10. The molecule has 0 aromatic heterocycles. The molecule has 1 unspecified atom stereocenters. The van der Waals surface area contributed by atoms with Gasteiger partial charge in [0.1, 0.15) is 0 Å². The smallest absolute Gasteiger partial charge is 0.191 e. The van der Waals surface area contributed by atoms with E-state index < -0.39 is 10.8 Å². The van der Waals surface area contributed by atoms with Crippen molar-refractivity contribution in [2.75, 3.05) is 25.4 Å². The molecule has 0 aromatic carbocycles. The lowest BCUT2D eigenvalue weighted by Crippen LogP contribution is -2.37. The number of halogens is 1. The molecule has 0 saturated carbocycles. The van der Waals surface area contributed by atoms with E-state index in [2.05, 4.69) is 4.99 Å². The minimum Gasteiger partial charge on any atom is -0.370 e. The Kier molecular flexibility index (Phi) is 10.5. The predicted molar refractivity (Wildman–Crippen MR) is 87.6 cm³/mol. The van der Waals surface area contributed by atoms with E-state index in [1.165, 1.54) is 0 Å². The number of rotatable bonds is 5. The molecule has 0 radical (unpaired) electrons. The van der Waals surface area contributed by atoms with Gasteiger partial charge in [-0.1, -0.05) is 0 Å². The van der Waals surface area contributed by atoms with E-state index in [1.807, 2.05) is 39.5 Å². The number of nitrogens with zero attached hydrogens (tertiary/aromatic N) is 2. The maximum Gasteiger partial charge on any atom is 0.191 e. The number of hydrogen-bond acceptors (Lipinski definition) is 2. The fraction of sp³-hybridized carbons (Fsp3) is 0.909. The number of guanidine groups is 1. The number of nitrogens with two attached hydrogens (primary N) is 1. The summed E-state index contributed by atoms with van der Waals surface area (Å²) >= 11 is 0. The van der Waals surface area contributed by atoms with Gasteiger partial charge >= 0.3 is 0 Å². The molecule has 6 heteroatoms. The van der Waals surface area contributed by atoms with Crippen molar-refractivity contribution in [1.29, 1.82) is 0 Å². The van der Waals surface area contributed by atoms with Crippen molar-refractivity contribution in [2.45, 2.75) is 39.4 Å². The molecule has 2 N–H and O–H groups in total. The summed E-state index contributed by atoms with van der Waals surface area (Å²) in [7, 11) is -0.852. The van der Waals surface area contributed by atoms with Crippen molar-refractivity contribution in [2.24, 2.45) is 10.7 Å². The van der Waals surface area contributed by atoms with E-state index in [0.29, 0.717) is 18.3 Å². The Morgan fingerprint density at radius 1 is 1.29 bits per heavy atom. The van der Waals surface area contributed by atoms with E-state index in [-0.39, 0.29) is 28.7 Å². The van der Waals surface area contributed by atoms with E-state index in [9.17, 15) is 4.21 Å². The zero-order valence-corrected chi connectivity index (χ0v) is 14.7. The molecule has 0 aliphatic heterocycles. The Labute approximate surface area is 125 Å². The molecule has 0 aliphatic rings. The van der Waals surface area contributed by atoms with Gasteiger partial charge in [-0.2, -0.15) is 0 Å². The highest BCUT2D eigenvalue weighted by atomic mass is 127. The van der Waals surface area contributed by atoms with Crippen LogP contribution in [0.4, 0.5) is 0 Å².